The Kier molecular flexibility index (Phi) is 5.90. The topological polar surface area (TPSA) is 123 Å². The number of likely N-dealkylation sites (tertiary alicyclic amines) is 1. The van der Waals surface area contributed by atoms with Crippen molar-refractivity contribution in [3.63, 3.8) is 0 Å². The molecule has 1 fully saturated rings. The molecule has 4 N–H and O–H groups in total. The fourth-order valence-electron chi connectivity index (χ4n) is 2.96. The first-order valence-electron chi connectivity index (χ1n) is 8.68. The highest BCUT2D eigenvalue weighted by atomic mass is 32.1. The number of aromatic nitrogens is 2. The lowest BCUT2D eigenvalue weighted by atomic mass is 9.88. The van der Waals surface area contributed by atoms with Gasteiger partial charge >= 0.3 is 6.03 Å². The molecule has 2 aromatic heterocycles. The molecular weight excluding hydrogens is 380 g/mol. The Morgan fingerprint density at radius 2 is 2.21 bits per heavy atom. The van der Waals surface area contributed by atoms with Gasteiger partial charge in [-0.25, -0.2) is 9.78 Å². The molecule has 148 valence electrons. The number of anilines is 2. The molecule has 0 radical (unpaired) electrons. The maximum atomic E-state index is 12.6. The number of urea groups is 1. The van der Waals surface area contributed by atoms with Crippen LogP contribution in [-0.4, -0.2) is 52.1 Å². The van der Waals surface area contributed by atoms with Gasteiger partial charge in [0, 0.05) is 19.3 Å². The summed E-state index contributed by atoms with van der Waals surface area (Å²) in [5.74, 6) is -0.112. The highest BCUT2D eigenvalue weighted by Crippen LogP contribution is 2.32. The van der Waals surface area contributed by atoms with Gasteiger partial charge in [0.15, 0.2) is 10.8 Å². The fraction of sp³-hybridized carbons (Fsp3) is 0.333. The summed E-state index contributed by atoms with van der Waals surface area (Å²) in [6.45, 7) is 4.38. The van der Waals surface area contributed by atoms with Crippen LogP contribution in [-0.2, 0) is 10.3 Å². The number of pyridine rings is 1. The van der Waals surface area contributed by atoms with Gasteiger partial charge in [0.2, 0.25) is 5.90 Å². The predicted molar refractivity (Wildman–Crippen MR) is 108 cm³/mol. The lowest BCUT2D eigenvalue weighted by molar-refractivity contribution is -0.0192. The number of amides is 2. The van der Waals surface area contributed by atoms with E-state index in [1.54, 1.807) is 23.2 Å². The van der Waals surface area contributed by atoms with Crippen LogP contribution in [0.25, 0.3) is 0 Å². The van der Waals surface area contributed by atoms with E-state index in [0.29, 0.717) is 47.5 Å². The molecule has 1 aliphatic rings. The Labute approximate surface area is 166 Å². The zero-order chi connectivity index (χ0) is 20.1. The minimum atomic E-state index is -1.03. The van der Waals surface area contributed by atoms with E-state index in [0.717, 1.165) is 0 Å². The molecule has 0 saturated carbocycles. The zero-order valence-electron chi connectivity index (χ0n) is 15.4. The summed E-state index contributed by atoms with van der Waals surface area (Å²) in [5.41, 5.74) is -0.107. The van der Waals surface area contributed by atoms with Gasteiger partial charge in [-0.3, -0.25) is 15.7 Å². The van der Waals surface area contributed by atoms with Crippen LogP contribution in [0.3, 0.4) is 0 Å². The molecule has 9 nitrogen and oxygen atoms in total. The maximum Gasteiger partial charge on any atom is 0.323 e. The molecule has 10 heteroatoms. The van der Waals surface area contributed by atoms with Crippen molar-refractivity contribution < 1.29 is 14.6 Å². The van der Waals surface area contributed by atoms with Gasteiger partial charge in [-0.05, 0) is 31.2 Å². The molecule has 1 saturated heterocycles. The zero-order valence-corrected chi connectivity index (χ0v) is 16.3. The van der Waals surface area contributed by atoms with Crippen molar-refractivity contribution >= 4 is 33.4 Å². The maximum absolute atomic E-state index is 12.6. The van der Waals surface area contributed by atoms with E-state index in [1.807, 2.05) is 6.07 Å². The summed E-state index contributed by atoms with van der Waals surface area (Å²) in [5, 5.41) is 25.2. The summed E-state index contributed by atoms with van der Waals surface area (Å²) in [7, 11) is 1.38. The average molecular weight is 402 g/mol. The van der Waals surface area contributed by atoms with Crippen LogP contribution in [0.4, 0.5) is 14.9 Å². The SMILES string of the molecule is C=CNc1sc(NC(=O)N2CCC(O)(c3ccccn3)CC2)nc1C(=N)OC. The first kappa shape index (κ1) is 19.8. The molecule has 0 aromatic carbocycles. The Morgan fingerprint density at radius 3 is 2.82 bits per heavy atom. The number of hydrogen-bond donors (Lipinski definition) is 4. The first-order valence-corrected chi connectivity index (χ1v) is 9.49. The number of ether oxygens (including phenoxy) is 1. The number of methoxy groups -OCH3 is 1. The molecule has 1 aliphatic heterocycles. The van der Waals surface area contributed by atoms with Crippen molar-refractivity contribution in [1.29, 1.82) is 5.41 Å². The van der Waals surface area contributed by atoms with Gasteiger partial charge in [-0.1, -0.05) is 24.0 Å². The van der Waals surface area contributed by atoms with E-state index >= 15 is 0 Å². The average Bonchev–Trinajstić information content (AvgIpc) is 3.11. The molecule has 3 heterocycles. The number of nitrogens with zero attached hydrogens (tertiary/aromatic N) is 3. The Morgan fingerprint density at radius 1 is 1.46 bits per heavy atom. The van der Waals surface area contributed by atoms with Crippen molar-refractivity contribution in [2.75, 3.05) is 30.8 Å². The van der Waals surface area contributed by atoms with Gasteiger partial charge in [-0.2, -0.15) is 0 Å². The Bertz CT molecular complexity index is 861. The molecule has 0 aliphatic carbocycles. The van der Waals surface area contributed by atoms with Crippen molar-refractivity contribution in [3.05, 3.63) is 48.6 Å². The lowest BCUT2D eigenvalue weighted by Crippen LogP contribution is -2.47. The van der Waals surface area contributed by atoms with E-state index < -0.39 is 5.60 Å². The molecular formula is C18H22N6O3S. The van der Waals surface area contributed by atoms with Crippen molar-refractivity contribution in [1.82, 2.24) is 14.9 Å². The van der Waals surface area contributed by atoms with Crippen molar-refractivity contribution in [2.45, 2.75) is 18.4 Å². The summed E-state index contributed by atoms with van der Waals surface area (Å²) in [4.78, 5) is 22.7. The molecule has 0 spiro atoms. The van der Waals surface area contributed by atoms with Gasteiger partial charge in [0.1, 0.15) is 10.6 Å². The third-order valence-corrected chi connectivity index (χ3v) is 5.41. The minimum Gasteiger partial charge on any atom is -0.480 e. The number of thiazole rings is 1. The van der Waals surface area contributed by atoms with Gasteiger partial charge < -0.3 is 20.1 Å². The fourth-order valence-corrected chi connectivity index (χ4v) is 3.81. The van der Waals surface area contributed by atoms with Crippen LogP contribution in [0.5, 0.6) is 0 Å². The predicted octanol–water partition coefficient (Wildman–Crippen LogP) is 2.58. The summed E-state index contributed by atoms with van der Waals surface area (Å²) in [6.07, 6.45) is 3.92. The molecule has 2 amide bonds. The van der Waals surface area contributed by atoms with Crippen LogP contribution in [0.2, 0.25) is 0 Å². The number of carbonyl (C=O) groups excluding carboxylic acids is 1. The van der Waals surface area contributed by atoms with Crippen LogP contribution in [0.1, 0.15) is 24.2 Å². The van der Waals surface area contributed by atoms with E-state index in [1.165, 1.54) is 24.6 Å². The number of hydrogen-bond acceptors (Lipinski definition) is 8. The number of aliphatic hydroxyl groups is 1. The second-order valence-electron chi connectivity index (χ2n) is 6.24. The third-order valence-electron chi connectivity index (χ3n) is 4.51. The molecule has 0 unspecified atom stereocenters. The van der Waals surface area contributed by atoms with E-state index in [9.17, 15) is 9.90 Å². The highest BCUT2D eigenvalue weighted by Gasteiger charge is 2.36. The molecule has 3 rings (SSSR count). The normalized spacial score (nSPS) is 15.6. The highest BCUT2D eigenvalue weighted by molar-refractivity contribution is 7.20. The van der Waals surface area contributed by atoms with Crippen molar-refractivity contribution in [3.8, 4) is 0 Å². The van der Waals surface area contributed by atoms with Crippen molar-refractivity contribution in [2.24, 2.45) is 0 Å². The van der Waals surface area contributed by atoms with Crippen LogP contribution in [0, 0.1) is 5.41 Å². The van der Waals surface area contributed by atoms with Gasteiger partial charge in [-0.15, -0.1) is 0 Å². The number of rotatable bonds is 5. The Hall–Kier alpha value is -2.98. The summed E-state index contributed by atoms with van der Waals surface area (Å²) >= 11 is 1.18. The first-order chi connectivity index (χ1) is 13.5. The second-order valence-corrected chi connectivity index (χ2v) is 7.24. The van der Waals surface area contributed by atoms with Crippen LogP contribution in [0.15, 0.2) is 37.2 Å². The smallest absolute Gasteiger partial charge is 0.323 e. The summed E-state index contributed by atoms with van der Waals surface area (Å²) < 4.78 is 4.92. The van der Waals surface area contributed by atoms with E-state index in [2.05, 4.69) is 27.2 Å². The number of carbonyl (C=O) groups is 1. The standard InChI is InChI=1S/C18H22N6O3S/c1-3-20-15-13(14(19)27-2)22-16(28-15)23-17(25)24-10-7-18(26,8-11-24)12-6-4-5-9-21-12/h3-6,9,19-20,26H,1,7-8,10-11H2,2H3,(H,22,23,25). The minimum absolute atomic E-state index is 0.112. The third kappa shape index (κ3) is 4.12. The number of nitrogens with one attached hydrogen (secondary N) is 3. The molecule has 0 bridgehead atoms. The largest absolute Gasteiger partial charge is 0.480 e. The van der Waals surface area contributed by atoms with E-state index in [-0.39, 0.29) is 11.9 Å². The summed E-state index contributed by atoms with van der Waals surface area (Å²) in [6, 6.07) is 5.13. The lowest BCUT2D eigenvalue weighted by Gasteiger charge is -2.37. The number of piperidine rings is 1. The van der Waals surface area contributed by atoms with Crippen LogP contribution < -0.4 is 10.6 Å². The Balaban J connectivity index is 1.65. The van der Waals surface area contributed by atoms with Gasteiger partial charge in [0.05, 0.1) is 12.8 Å². The molecule has 2 aromatic rings. The quantitative estimate of drug-likeness (QED) is 0.450. The molecule has 0 atom stereocenters. The van der Waals surface area contributed by atoms with Crippen LogP contribution >= 0.6 is 11.3 Å². The second kappa shape index (κ2) is 8.36. The monoisotopic (exact) mass is 402 g/mol. The van der Waals surface area contributed by atoms with Gasteiger partial charge in [0.25, 0.3) is 0 Å². The molecule has 28 heavy (non-hydrogen) atoms. The van der Waals surface area contributed by atoms with E-state index in [4.69, 9.17) is 10.1 Å².